The largest absolute Gasteiger partial charge is 0.385 e. The lowest BCUT2D eigenvalue weighted by molar-refractivity contribution is -0.254. The van der Waals surface area contributed by atoms with Crippen molar-refractivity contribution in [1.82, 2.24) is 0 Å². The van der Waals surface area contributed by atoms with Crippen LogP contribution in [0.15, 0.2) is 23.3 Å². The van der Waals surface area contributed by atoms with Gasteiger partial charge in [0.05, 0.1) is 6.61 Å². The second-order valence-corrected chi connectivity index (χ2v) is 8.00. The predicted molar refractivity (Wildman–Crippen MR) is 96.8 cm³/mol. The minimum Gasteiger partial charge on any atom is -0.317 e. The van der Waals surface area contributed by atoms with Crippen LogP contribution in [0.4, 0.5) is 26.3 Å². The summed E-state index contributed by atoms with van der Waals surface area (Å²) in [6.07, 6.45) is 3.07. The second-order valence-electron chi connectivity index (χ2n) is 8.00. The quantitative estimate of drug-likeness (QED) is 0.356. The normalized spacial score (nSPS) is 27.3. The van der Waals surface area contributed by atoms with Gasteiger partial charge in [-0.15, -0.1) is 0 Å². The first-order chi connectivity index (χ1) is 13.1. The summed E-state index contributed by atoms with van der Waals surface area (Å²) in [5, 5.41) is 0. The number of halogens is 6. The first kappa shape index (κ1) is 23.3. The van der Waals surface area contributed by atoms with Crippen LogP contribution in [0.3, 0.4) is 0 Å². The van der Waals surface area contributed by atoms with Crippen molar-refractivity contribution in [2.75, 3.05) is 6.61 Å². The Hall–Kier alpha value is -0.980. The van der Waals surface area contributed by atoms with Crippen LogP contribution in [-0.4, -0.2) is 24.6 Å². The Morgan fingerprint density at radius 2 is 1.46 bits per heavy atom. The smallest absolute Gasteiger partial charge is 0.317 e. The van der Waals surface area contributed by atoms with Gasteiger partial charge in [0.25, 0.3) is 0 Å². The third kappa shape index (κ3) is 4.95. The van der Waals surface area contributed by atoms with Crippen molar-refractivity contribution in [1.29, 1.82) is 0 Å². The van der Waals surface area contributed by atoms with Crippen LogP contribution in [0.2, 0.25) is 0 Å². The minimum atomic E-state index is -4.98. The first-order valence-electron chi connectivity index (χ1n) is 10.3. The highest BCUT2D eigenvalue weighted by Gasteiger charge is 2.67. The van der Waals surface area contributed by atoms with Crippen molar-refractivity contribution in [3.63, 3.8) is 0 Å². The lowest BCUT2D eigenvalue weighted by atomic mass is 9.79. The molecule has 1 saturated carbocycles. The number of hydrogen-bond donors (Lipinski definition) is 0. The van der Waals surface area contributed by atoms with E-state index in [0.717, 1.165) is 38.5 Å². The molecule has 0 aliphatic heterocycles. The summed E-state index contributed by atoms with van der Waals surface area (Å²) < 4.78 is 89.5. The lowest BCUT2D eigenvalue weighted by Gasteiger charge is -2.36. The van der Waals surface area contributed by atoms with Gasteiger partial charge in [0.2, 0.25) is 0 Å². The van der Waals surface area contributed by atoms with Crippen LogP contribution in [0.1, 0.15) is 71.6 Å². The summed E-state index contributed by atoms with van der Waals surface area (Å²) in [5.74, 6) is -8.74. The summed E-state index contributed by atoms with van der Waals surface area (Å²) in [6.45, 7) is 3.25. The Balaban J connectivity index is 1.96. The van der Waals surface area contributed by atoms with Gasteiger partial charge in [-0.25, -0.2) is 0 Å². The van der Waals surface area contributed by atoms with Crippen LogP contribution in [0, 0.1) is 11.8 Å². The fraction of sp³-hybridized carbons (Fsp3) is 0.810. The average Bonchev–Trinajstić information content (AvgIpc) is 2.61. The zero-order chi connectivity index (χ0) is 21.0. The van der Waals surface area contributed by atoms with Crippen molar-refractivity contribution in [3.8, 4) is 0 Å². The summed E-state index contributed by atoms with van der Waals surface area (Å²) in [6, 6.07) is 0. The van der Waals surface area contributed by atoms with Crippen molar-refractivity contribution in [2.45, 2.75) is 89.6 Å². The zero-order valence-electron chi connectivity index (χ0n) is 16.6. The van der Waals surface area contributed by atoms with Gasteiger partial charge in [0.1, 0.15) is 5.57 Å². The van der Waals surface area contributed by atoms with Gasteiger partial charge in [0.15, 0.2) is 0 Å². The molecule has 2 rings (SSSR count). The van der Waals surface area contributed by atoms with Gasteiger partial charge in [-0.2, -0.15) is 26.3 Å². The van der Waals surface area contributed by atoms with E-state index in [-0.39, 0.29) is 18.8 Å². The molecule has 0 saturated heterocycles. The number of hydrogen-bond acceptors (Lipinski definition) is 1. The highest BCUT2D eigenvalue weighted by Crippen LogP contribution is 2.52. The Morgan fingerprint density at radius 3 is 2.00 bits per heavy atom. The van der Waals surface area contributed by atoms with E-state index >= 15 is 0 Å². The SMILES string of the molecule is CCCC1=CC=C(C(F)(F)OCCC2CCC(CCC)CC2)C(F)(F)C1(F)F. The Kier molecular flexibility index (Phi) is 7.68. The Morgan fingerprint density at radius 1 is 0.893 bits per heavy atom. The minimum absolute atomic E-state index is 0.210. The van der Waals surface area contributed by atoms with E-state index in [4.69, 9.17) is 0 Å². The maximum atomic E-state index is 14.2. The number of ether oxygens (including phenoxy) is 1. The van der Waals surface area contributed by atoms with E-state index < -0.39 is 35.7 Å². The van der Waals surface area contributed by atoms with Crippen molar-refractivity contribution in [3.05, 3.63) is 23.3 Å². The molecular formula is C21H30F6O. The van der Waals surface area contributed by atoms with Gasteiger partial charge >= 0.3 is 18.0 Å². The highest BCUT2D eigenvalue weighted by atomic mass is 19.3. The lowest BCUT2D eigenvalue weighted by Crippen LogP contribution is -2.50. The summed E-state index contributed by atoms with van der Waals surface area (Å²) in [7, 11) is 0. The molecule has 162 valence electrons. The van der Waals surface area contributed by atoms with E-state index in [2.05, 4.69) is 11.7 Å². The van der Waals surface area contributed by atoms with Gasteiger partial charge in [0, 0.05) is 5.57 Å². The monoisotopic (exact) mass is 412 g/mol. The van der Waals surface area contributed by atoms with Gasteiger partial charge in [-0.05, 0) is 30.8 Å². The third-order valence-corrected chi connectivity index (χ3v) is 5.89. The fourth-order valence-corrected chi connectivity index (χ4v) is 4.20. The van der Waals surface area contributed by atoms with Crippen LogP contribution in [0.5, 0.6) is 0 Å². The van der Waals surface area contributed by atoms with E-state index in [1.807, 2.05) is 0 Å². The van der Waals surface area contributed by atoms with Crippen LogP contribution >= 0.6 is 0 Å². The van der Waals surface area contributed by atoms with E-state index in [9.17, 15) is 26.3 Å². The van der Waals surface area contributed by atoms with Crippen LogP contribution in [-0.2, 0) is 4.74 Å². The molecule has 0 N–H and O–H groups in total. The molecule has 0 aromatic rings. The predicted octanol–water partition coefficient (Wildman–Crippen LogP) is 7.53. The van der Waals surface area contributed by atoms with Gasteiger partial charge in [-0.3, -0.25) is 0 Å². The Labute approximate surface area is 163 Å². The Bertz CT molecular complexity index is 573. The third-order valence-electron chi connectivity index (χ3n) is 5.89. The van der Waals surface area contributed by atoms with Crippen molar-refractivity contribution < 1.29 is 31.1 Å². The number of rotatable bonds is 9. The average molecular weight is 412 g/mol. The number of allylic oxidation sites excluding steroid dienone is 3. The molecule has 2 aliphatic carbocycles. The second kappa shape index (κ2) is 9.23. The standard InChI is InChI=1S/C21H30F6O/c1-3-5-15-7-9-16(10-8-15)13-14-28-21(26,27)18-12-11-17(6-4-2)19(22,23)20(18,24)25/h11-12,15-16H,3-10,13-14H2,1-2H3. The maximum Gasteiger partial charge on any atom is 0.385 e. The fourth-order valence-electron chi connectivity index (χ4n) is 4.20. The van der Waals surface area contributed by atoms with E-state index in [1.165, 1.54) is 0 Å². The summed E-state index contributed by atoms with van der Waals surface area (Å²) in [4.78, 5) is 0. The molecule has 0 bridgehead atoms. The molecule has 0 amide bonds. The molecule has 0 unspecified atom stereocenters. The van der Waals surface area contributed by atoms with Crippen molar-refractivity contribution >= 4 is 0 Å². The molecule has 0 heterocycles. The zero-order valence-corrected chi connectivity index (χ0v) is 16.6. The molecule has 0 aromatic heterocycles. The van der Waals surface area contributed by atoms with Gasteiger partial charge in [-0.1, -0.05) is 64.9 Å². The molecule has 0 radical (unpaired) electrons. The molecule has 0 spiro atoms. The summed E-state index contributed by atoms with van der Waals surface area (Å²) in [5.41, 5.74) is -2.79. The molecule has 0 aromatic carbocycles. The highest BCUT2D eigenvalue weighted by molar-refractivity contribution is 5.40. The molecule has 28 heavy (non-hydrogen) atoms. The molecule has 0 atom stereocenters. The van der Waals surface area contributed by atoms with E-state index in [1.54, 1.807) is 6.92 Å². The van der Waals surface area contributed by atoms with Crippen molar-refractivity contribution in [2.24, 2.45) is 11.8 Å². The molecule has 1 nitrogen and oxygen atoms in total. The molecular weight excluding hydrogens is 382 g/mol. The topological polar surface area (TPSA) is 9.23 Å². The molecule has 1 fully saturated rings. The van der Waals surface area contributed by atoms with Gasteiger partial charge < -0.3 is 4.74 Å². The molecule has 7 heteroatoms. The van der Waals surface area contributed by atoms with Crippen LogP contribution in [0.25, 0.3) is 0 Å². The molecule has 2 aliphatic rings. The first-order valence-corrected chi connectivity index (χ1v) is 10.3. The maximum absolute atomic E-state index is 14.2. The summed E-state index contributed by atoms with van der Waals surface area (Å²) >= 11 is 0. The van der Waals surface area contributed by atoms with E-state index in [0.29, 0.717) is 24.5 Å². The number of alkyl halides is 6. The van der Waals surface area contributed by atoms with Crippen LogP contribution < -0.4 is 0 Å².